The molecule has 2 aromatic carbocycles. The molecule has 1 unspecified atom stereocenters. The van der Waals surface area contributed by atoms with Crippen molar-refractivity contribution in [2.24, 2.45) is 0 Å². The van der Waals surface area contributed by atoms with Gasteiger partial charge in [-0.25, -0.2) is 0 Å². The van der Waals surface area contributed by atoms with Crippen molar-refractivity contribution in [1.29, 1.82) is 0 Å². The standard InChI is InChI=1S/C21H21BrN2O2/c1-21(2)13-26-19(14-6-4-3-5-7-14)12-24(21)20(25)18-11-15-10-16(22)8-9-17(15)23-18/h3-11,19,23H,12-13H2,1-2H3. The van der Waals surface area contributed by atoms with Gasteiger partial charge >= 0.3 is 0 Å². The molecule has 3 aromatic rings. The average molecular weight is 413 g/mol. The van der Waals surface area contributed by atoms with E-state index >= 15 is 0 Å². The van der Waals surface area contributed by atoms with E-state index in [0.29, 0.717) is 18.8 Å². The van der Waals surface area contributed by atoms with E-state index in [1.54, 1.807) is 0 Å². The Bertz CT molecular complexity index is 949. The van der Waals surface area contributed by atoms with Crippen molar-refractivity contribution < 1.29 is 9.53 Å². The zero-order chi connectivity index (χ0) is 18.3. The summed E-state index contributed by atoms with van der Waals surface area (Å²) >= 11 is 3.48. The molecule has 1 atom stereocenters. The number of aromatic nitrogens is 1. The number of nitrogens with zero attached hydrogens (tertiary/aromatic N) is 1. The fourth-order valence-corrected chi connectivity index (χ4v) is 3.82. The topological polar surface area (TPSA) is 45.3 Å². The number of fused-ring (bicyclic) bond motifs is 1. The van der Waals surface area contributed by atoms with Crippen LogP contribution in [0, 0.1) is 0 Å². The predicted octanol–water partition coefficient (Wildman–Crippen LogP) is 4.92. The Morgan fingerprint density at radius 1 is 1.19 bits per heavy atom. The number of benzene rings is 2. The summed E-state index contributed by atoms with van der Waals surface area (Å²) in [5, 5.41) is 1.02. The lowest BCUT2D eigenvalue weighted by Gasteiger charge is -2.45. The monoisotopic (exact) mass is 412 g/mol. The largest absolute Gasteiger partial charge is 0.369 e. The number of nitrogens with one attached hydrogen (secondary N) is 1. The van der Waals surface area contributed by atoms with Gasteiger partial charge < -0.3 is 14.6 Å². The minimum absolute atomic E-state index is 0.00607. The molecule has 0 saturated carbocycles. The van der Waals surface area contributed by atoms with Crippen molar-refractivity contribution in [2.75, 3.05) is 13.2 Å². The second-order valence-electron chi connectivity index (χ2n) is 7.35. The number of morpholine rings is 1. The lowest BCUT2D eigenvalue weighted by atomic mass is 9.97. The number of H-pyrrole nitrogens is 1. The third-order valence-electron chi connectivity index (χ3n) is 4.95. The Kier molecular flexibility index (Phi) is 4.37. The maximum Gasteiger partial charge on any atom is 0.270 e. The van der Waals surface area contributed by atoms with Crippen molar-refractivity contribution in [2.45, 2.75) is 25.5 Å². The van der Waals surface area contributed by atoms with Crippen molar-refractivity contribution in [3.05, 3.63) is 70.3 Å². The van der Waals surface area contributed by atoms with Crippen LogP contribution in [0.3, 0.4) is 0 Å². The molecule has 1 aliphatic heterocycles. The molecule has 4 rings (SSSR count). The number of aromatic amines is 1. The van der Waals surface area contributed by atoms with Crippen molar-refractivity contribution in [1.82, 2.24) is 9.88 Å². The van der Waals surface area contributed by atoms with Gasteiger partial charge in [0.1, 0.15) is 11.8 Å². The first-order chi connectivity index (χ1) is 12.4. The van der Waals surface area contributed by atoms with Gasteiger partial charge in [0.15, 0.2) is 0 Å². The molecule has 0 radical (unpaired) electrons. The summed E-state index contributed by atoms with van der Waals surface area (Å²) in [6.45, 7) is 5.13. The molecule has 0 bridgehead atoms. The molecule has 2 heterocycles. The zero-order valence-electron chi connectivity index (χ0n) is 14.8. The maximum absolute atomic E-state index is 13.3. The van der Waals surface area contributed by atoms with Crippen LogP contribution >= 0.6 is 15.9 Å². The number of amides is 1. The third-order valence-corrected chi connectivity index (χ3v) is 5.44. The van der Waals surface area contributed by atoms with Crippen LogP contribution in [0.25, 0.3) is 10.9 Å². The first-order valence-electron chi connectivity index (χ1n) is 8.71. The number of rotatable bonds is 2. The number of ether oxygens (including phenoxy) is 1. The van der Waals surface area contributed by atoms with Gasteiger partial charge in [0, 0.05) is 15.4 Å². The van der Waals surface area contributed by atoms with Gasteiger partial charge in [-0.05, 0) is 43.7 Å². The van der Waals surface area contributed by atoms with Gasteiger partial charge in [-0.3, -0.25) is 4.79 Å². The second kappa shape index (κ2) is 6.56. The molecule has 0 aliphatic carbocycles. The highest BCUT2D eigenvalue weighted by Gasteiger charge is 2.39. The van der Waals surface area contributed by atoms with E-state index in [9.17, 15) is 4.79 Å². The molecule has 1 aromatic heterocycles. The van der Waals surface area contributed by atoms with E-state index in [-0.39, 0.29) is 17.6 Å². The average Bonchev–Trinajstić information content (AvgIpc) is 3.05. The molecule has 26 heavy (non-hydrogen) atoms. The van der Waals surface area contributed by atoms with E-state index < -0.39 is 0 Å². The highest BCUT2D eigenvalue weighted by Crippen LogP contribution is 2.32. The first-order valence-corrected chi connectivity index (χ1v) is 9.50. The minimum atomic E-state index is -0.361. The first kappa shape index (κ1) is 17.3. The van der Waals surface area contributed by atoms with Crippen molar-refractivity contribution in [3.63, 3.8) is 0 Å². The number of carbonyl (C=O) groups excluding carboxylic acids is 1. The Labute approximate surface area is 161 Å². The number of hydrogen-bond donors (Lipinski definition) is 1. The minimum Gasteiger partial charge on any atom is -0.369 e. The Morgan fingerprint density at radius 3 is 2.73 bits per heavy atom. The van der Waals surface area contributed by atoms with Gasteiger partial charge in [-0.2, -0.15) is 0 Å². The van der Waals surface area contributed by atoms with Crippen LogP contribution in [0.4, 0.5) is 0 Å². The van der Waals surface area contributed by atoms with Crippen LogP contribution in [0.2, 0.25) is 0 Å². The molecule has 134 valence electrons. The zero-order valence-corrected chi connectivity index (χ0v) is 16.4. The second-order valence-corrected chi connectivity index (χ2v) is 8.27. The van der Waals surface area contributed by atoms with Crippen LogP contribution in [-0.4, -0.2) is 34.5 Å². The maximum atomic E-state index is 13.3. The highest BCUT2D eigenvalue weighted by atomic mass is 79.9. The van der Waals surface area contributed by atoms with E-state index in [0.717, 1.165) is 20.9 Å². The summed E-state index contributed by atoms with van der Waals surface area (Å²) in [6, 6.07) is 18.0. The molecule has 5 heteroatoms. The Hall–Kier alpha value is -2.11. The lowest BCUT2D eigenvalue weighted by Crippen LogP contribution is -2.56. The fraction of sp³-hybridized carbons (Fsp3) is 0.286. The molecule has 0 spiro atoms. The van der Waals surface area contributed by atoms with Crippen LogP contribution < -0.4 is 0 Å². The normalized spacial score (nSPS) is 19.7. The van der Waals surface area contributed by atoms with Crippen LogP contribution in [0.15, 0.2) is 59.1 Å². The predicted molar refractivity (Wildman–Crippen MR) is 106 cm³/mol. The van der Waals surface area contributed by atoms with Crippen LogP contribution in [-0.2, 0) is 4.74 Å². The molecule has 1 aliphatic rings. The molecule has 4 nitrogen and oxygen atoms in total. The summed E-state index contributed by atoms with van der Waals surface area (Å²) in [6.07, 6.45) is -0.105. The molecular formula is C21H21BrN2O2. The SMILES string of the molecule is CC1(C)COC(c2ccccc2)CN1C(=O)c1cc2cc(Br)ccc2[nH]1. The Balaban J connectivity index is 1.65. The van der Waals surface area contributed by atoms with E-state index in [2.05, 4.69) is 20.9 Å². The Morgan fingerprint density at radius 2 is 1.96 bits per heavy atom. The summed E-state index contributed by atoms with van der Waals surface area (Å²) in [4.78, 5) is 18.5. The number of hydrogen-bond acceptors (Lipinski definition) is 2. The van der Waals surface area contributed by atoms with Crippen LogP contribution in [0.5, 0.6) is 0 Å². The number of carbonyl (C=O) groups is 1. The molecule has 1 N–H and O–H groups in total. The van der Waals surface area contributed by atoms with Crippen molar-refractivity contribution >= 4 is 32.7 Å². The van der Waals surface area contributed by atoms with Gasteiger partial charge in [0.25, 0.3) is 5.91 Å². The summed E-state index contributed by atoms with van der Waals surface area (Å²) < 4.78 is 7.06. The van der Waals surface area contributed by atoms with Gasteiger partial charge in [-0.15, -0.1) is 0 Å². The molecule has 1 fully saturated rings. The summed E-state index contributed by atoms with van der Waals surface area (Å²) in [7, 11) is 0. The highest BCUT2D eigenvalue weighted by molar-refractivity contribution is 9.10. The van der Waals surface area contributed by atoms with Crippen LogP contribution in [0.1, 0.15) is 36.0 Å². The molecule has 1 saturated heterocycles. The van der Waals surface area contributed by atoms with Gasteiger partial charge in [-0.1, -0.05) is 46.3 Å². The summed E-state index contributed by atoms with van der Waals surface area (Å²) in [5.41, 5.74) is 2.31. The molecular weight excluding hydrogens is 392 g/mol. The smallest absolute Gasteiger partial charge is 0.270 e. The molecule has 1 amide bonds. The lowest BCUT2D eigenvalue weighted by molar-refractivity contribution is -0.0848. The van der Waals surface area contributed by atoms with E-state index in [1.165, 1.54) is 0 Å². The van der Waals surface area contributed by atoms with E-state index in [1.807, 2.05) is 73.3 Å². The van der Waals surface area contributed by atoms with Gasteiger partial charge in [0.2, 0.25) is 0 Å². The van der Waals surface area contributed by atoms with E-state index in [4.69, 9.17) is 4.74 Å². The fourth-order valence-electron chi connectivity index (χ4n) is 3.44. The van der Waals surface area contributed by atoms with Crippen molar-refractivity contribution in [3.8, 4) is 0 Å². The third kappa shape index (κ3) is 3.17. The summed E-state index contributed by atoms with van der Waals surface area (Å²) in [5.74, 6) is 0.00607. The van der Waals surface area contributed by atoms with Gasteiger partial charge in [0.05, 0.1) is 18.7 Å². The quantitative estimate of drug-likeness (QED) is 0.648. The number of halogens is 1.